The number of thiocarbonyl (C=S) groups is 1. The van der Waals surface area contributed by atoms with Gasteiger partial charge in [0.15, 0.2) is 5.11 Å². The second kappa shape index (κ2) is 9.56. The van der Waals surface area contributed by atoms with E-state index in [4.69, 9.17) is 18.0 Å². The molecule has 3 N–H and O–H groups in total. The van der Waals surface area contributed by atoms with E-state index < -0.39 is 0 Å². The lowest BCUT2D eigenvalue weighted by molar-refractivity contribution is -0.0539. The predicted octanol–water partition coefficient (Wildman–Crippen LogP) is 6.50. The van der Waals surface area contributed by atoms with Gasteiger partial charge < -0.3 is 5.73 Å². The summed E-state index contributed by atoms with van der Waals surface area (Å²) in [4.78, 5) is 0. The second-order valence-electron chi connectivity index (χ2n) is 10.1. The normalized spacial score (nSPS) is 30.7. The van der Waals surface area contributed by atoms with Crippen molar-refractivity contribution in [1.29, 1.82) is 0 Å². The lowest BCUT2D eigenvalue weighted by Gasteiger charge is -2.58. The van der Waals surface area contributed by atoms with Gasteiger partial charge in [-0.05, 0) is 100 Å². The summed E-state index contributed by atoms with van der Waals surface area (Å²) in [5.74, 6) is 1.51. The van der Waals surface area contributed by atoms with Crippen molar-refractivity contribution in [3.05, 3.63) is 23.8 Å². The molecule has 3 atom stereocenters. The molecule has 0 unspecified atom stereocenters. The van der Waals surface area contributed by atoms with Gasteiger partial charge in [0, 0.05) is 5.71 Å². The van der Waals surface area contributed by atoms with Crippen LogP contribution in [0.2, 0.25) is 0 Å². The van der Waals surface area contributed by atoms with E-state index in [1.54, 1.807) is 0 Å². The third-order valence-corrected chi connectivity index (χ3v) is 7.59. The van der Waals surface area contributed by atoms with E-state index in [0.29, 0.717) is 16.7 Å². The molecule has 2 rings (SSSR count). The zero-order valence-corrected chi connectivity index (χ0v) is 19.6. The molecule has 2 aliphatic carbocycles. The van der Waals surface area contributed by atoms with Crippen molar-refractivity contribution in [3.8, 4) is 0 Å². The Kier molecular flexibility index (Phi) is 7.89. The lowest BCUT2D eigenvalue weighted by Crippen LogP contribution is -2.49. The van der Waals surface area contributed by atoms with Crippen molar-refractivity contribution in [2.45, 2.75) is 92.4 Å². The first kappa shape index (κ1) is 23.1. The Morgan fingerprint density at radius 1 is 1.29 bits per heavy atom. The Labute approximate surface area is 178 Å². The Morgan fingerprint density at radius 3 is 2.68 bits per heavy atom. The van der Waals surface area contributed by atoms with Crippen LogP contribution in [0.15, 0.2) is 28.9 Å². The summed E-state index contributed by atoms with van der Waals surface area (Å²) in [6, 6.07) is 0. The molecule has 0 aromatic carbocycles. The van der Waals surface area contributed by atoms with Crippen molar-refractivity contribution < 1.29 is 0 Å². The highest BCUT2D eigenvalue weighted by Gasteiger charge is 2.52. The zero-order valence-electron chi connectivity index (χ0n) is 18.7. The number of nitrogens with one attached hydrogen (secondary N) is 1. The average Bonchev–Trinajstić information content (AvgIpc) is 2.58. The van der Waals surface area contributed by atoms with Crippen LogP contribution in [0, 0.1) is 22.7 Å². The van der Waals surface area contributed by atoms with Gasteiger partial charge in [0.1, 0.15) is 0 Å². The van der Waals surface area contributed by atoms with Crippen LogP contribution in [0.25, 0.3) is 0 Å². The fraction of sp³-hybridized carbons (Fsp3) is 0.750. The zero-order chi connectivity index (χ0) is 20.9. The summed E-state index contributed by atoms with van der Waals surface area (Å²) in [5, 5.41) is 4.40. The first-order chi connectivity index (χ1) is 13.1. The number of hydrazone groups is 1. The van der Waals surface area contributed by atoms with Gasteiger partial charge in [-0.15, -0.1) is 0 Å². The summed E-state index contributed by atoms with van der Waals surface area (Å²) in [6.07, 6.45) is 13.4. The van der Waals surface area contributed by atoms with Crippen LogP contribution in [0.1, 0.15) is 92.4 Å². The van der Waals surface area contributed by atoms with Crippen LogP contribution < -0.4 is 11.2 Å². The van der Waals surface area contributed by atoms with E-state index in [9.17, 15) is 0 Å². The van der Waals surface area contributed by atoms with Gasteiger partial charge in [-0.2, -0.15) is 5.10 Å². The number of hydrogen-bond acceptors (Lipinski definition) is 2. The summed E-state index contributed by atoms with van der Waals surface area (Å²) in [5.41, 5.74) is 13.0. The number of rotatable bonds is 7. The maximum absolute atomic E-state index is 5.41. The fourth-order valence-corrected chi connectivity index (χ4v) is 6.06. The van der Waals surface area contributed by atoms with Crippen LogP contribution in [-0.4, -0.2) is 10.8 Å². The van der Waals surface area contributed by atoms with Gasteiger partial charge in [-0.1, -0.05) is 51.0 Å². The van der Waals surface area contributed by atoms with Gasteiger partial charge in [0.05, 0.1) is 0 Å². The van der Waals surface area contributed by atoms with Gasteiger partial charge in [0.25, 0.3) is 0 Å². The molecule has 0 heterocycles. The second-order valence-corrected chi connectivity index (χ2v) is 10.5. The summed E-state index contributed by atoms with van der Waals surface area (Å²) < 4.78 is 0. The molecule has 158 valence electrons. The molecular formula is C24H41N3S. The third kappa shape index (κ3) is 5.68. The smallest absolute Gasteiger partial charge is 0.184 e. The summed E-state index contributed by atoms with van der Waals surface area (Å²) >= 11 is 4.78. The Bertz CT molecular complexity index is 646. The minimum atomic E-state index is 0.219. The van der Waals surface area contributed by atoms with E-state index in [1.165, 1.54) is 56.1 Å². The number of fused-ring (bicyclic) bond motifs is 1. The Morgan fingerprint density at radius 2 is 2.00 bits per heavy atom. The molecule has 0 saturated heterocycles. The molecule has 0 aliphatic heterocycles. The van der Waals surface area contributed by atoms with Crippen molar-refractivity contribution in [2.24, 2.45) is 33.5 Å². The van der Waals surface area contributed by atoms with Gasteiger partial charge in [-0.25, -0.2) is 0 Å². The van der Waals surface area contributed by atoms with Crippen LogP contribution in [0.4, 0.5) is 0 Å². The standard InChI is InChI=1S/C24H41N3S/c1-17(9-7-10-19(3)26-27-22(25)28)11-13-20-18(2)12-14-21-23(4,5)15-8-16-24(20,21)6/h9,20-21H,2,7-8,10-16H2,1,3-6H3,(H3,25,27,28)/b17-9-,26-19-/t20-,21-,24+/m1/s1. The quantitative estimate of drug-likeness (QED) is 0.221. The highest BCUT2D eigenvalue weighted by atomic mass is 32.1. The molecule has 0 aromatic heterocycles. The van der Waals surface area contributed by atoms with Gasteiger partial charge in [-0.3, -0.25) is 5.43 Å². The molecule has 0 spiro atoms. The van der Waals surface area contributed by atoms with Crippen molar-refractivity contribution in [3.63, 3.8) is 0 Å². The van der Waals surface area contributed by atoms with Gasteiger partial charge >= 0.3 is 0 Å². The minimum Gasteiger partial charge on any atom is -0.375 e. The van der Waals surface area contributed by atoms with Crippen molar-refractivity contribution in [1.82, 2.24) is 5.43 Å². The van der Waals surface area contributed by atoms with E-state index in [-0.39, 0.29) is 5.11 Å². The number of nitrogens with zero attached hydrogens (tertiary/aromatic N) is 1. The molecule has 28 heavy (non-hydrogen) atoms. The largest absolute Gasteiger partial charge is 0.375 e. The predicted molar refractivity (Wildman–Crippen MR) is 126 cm³/mol. The van der Waals surface area contributed by atoms with Crippen molar-refractivity contribution in [2.75, 3.05) is 0 Å². The molecule has 2 fully saturated rings. The molecule has 0 radical (unpaired) electrons. The topological polar surface area (TPSA) is 50.4 Å². The van der Waals surface area contributed by atoms with Crippen LogP contribution >= 0.6 is 12.2 Å². The van der Waals surface area contributed by atoms with E-state index in [1.807, 2.05) is 6.92 Å². The fourth-order valence-electron chi connectivity index (χ4n) is 6.02. The Balaban J connectivity index is 1.93. The molecule has 2 saturated carbocycles. The molecule has 3 nitrogen and oxygen atoms in total. The van der Waals surface area contributed by atoms with Crippen LogP contribution in [0.5, 0.6) is 0 Å². The Hall–Kier alpha value is -1.16. The summed E-state index contributed by atoms with van der Waals surface area (Å²) in [7, 11) is 0. The molecule has 0 bridgehead atoms. The number of allylic oxidation sites excluding steroid dienone is 3. The number of nitrogens with two attached hydrogens (primary N) is 1. The van der Waals surface area contributed by atoms with Crippen LogP contribution in [-0.2, 0) is 0 Å². The summed E-state index contributed by atoms with van der Waals surface area (Å²) in [6.45, 7) is 16.4. The monoisotopic (exact) mass is 403 g/mol. The molecule has 2 aliphatic rings. The lowest BCUT2D eigenvalue weighted by atomic mass is 9.47. The first-order valence-electron chi connectivity index (χ1n) is 11.0. The highest BCUT2D eigenvalue weighted by Crippen LogP contribution is 2.61. The minimum absolute atomic E-state index is 0.219. The maximum atomic E-state index is 5.41. The first-order valence-corrected chi connectivity index (χ1v) is 11.4. The SMILES string of the molecule is C=C1CC[C@@H]2C(C)(C)CCC[C@@]2(C)[C@@H]1CC/C(C)=C\CC/C(C)=N\NC(N)=S. The molecular weight excluding hydrogens is 362 g/mol. The van der Waals surface area contributed by atoms with E-state index in [0.717, 1.165) is 24.5 Å². The van der Waals surface area contributed by atoms with E-state index in [2.05, 4.69) is 50.9 Å². The van der Waals surface area contributed by atoms with E-state index >= 15 is 0 Å². The van der Waals surface area contributed by atoms with Crippen molar-refractivity contribution >= 4 is 23.0 Å². The highest BCUT2D eigenvalue weighted by molar-refractivity contribution is 7.80. The molecule has 0 aromatic rings. The maximum Gasteiger partial charge on any atom is 0.184 e. The third-order valence-electron chi connectivity index (χ3n) is 7.50. The number of hydrogen-bond donors (Lipinski definition) is 2. The van der Waals surface area contributed by atoms with Gasteiger partial charge in [0.2, 0.25) is 0 Å². The molecule has 0 amide bonds. The van der Waals surface area contributed by atoms with Crippen LogP contribution in [0.3, 0.4) is 0 Å². The molecule has 4 heteroatoms. The average molecular weight is 404 g/mol.